The van der Waals surface area contributed by atoms with E-state index in [0.717, 1.165) is 6.07 Å². The number of carbonyl (C=O) groups is 2. The summed E-state index contributed by atoms with van der Waals surface area (Å²) < 4.78 is 52.1. The Kier molecular flexibility index (Phi) is 6.71. The lowest BCUT2D eigenvalue weighted by Crippen LogP contribution is -2.52. The Labute approximate surface area is 202 Å². The minimum absolute atomic E-state index is 0.0679. The number of nitrogens with zero attached hydrogens (tertiary/aromatic N) is 3. The van der Waals surface area contributed by atoms with Crippen LogP contribution in [0.3, 0.4) is 0 Å². The largest absolute Gasteiger partial charge is 0.479 e. The molecular formula is C24H20F3N3O6. The average molecular weight is 503 g/mol. The lowest BCUT2D eigenvalue weighted by atomic mass is 9.94. The van der Waals surface area contributed by atoms with Gasteiger partial charge in [-0.15, -0.1) is 12.3 Å². The van der Waals surface area contributed by atoms with Gasteiger partial charge in [-0.1, -0.05) is 30.3 Å². The lowest BCUT2D eigenvalue weighted by molar-refractivity contribution is -0.188. The normalized spacial score (nSPS) is 20.3. The molecule has 2 aromatic heterocycles. The van der Waals surface area contributed by atoms with Crippen molar-refractivity contribution in [3.05, 3.63) is 60.0 Å². The first-order valence-corrected chi connectivity index (χ1v) is 10.7. The second kappa shape index (κ2) is 9.60. The van der Waals surface area contributed by atoms with Crippen LogP contribution in [0, 0.1) is 18.3 Å². The molecule has 3 unspecified atom stereocenters. The number of imidazole rings is 1. The molecule has 0 spiro atoms. The number of ether oxygens (including phenoxy) is 2. The first-order valence-electron chi connectivity index (χ1n) is 10.7. The highest BCUT2D eigenvalue weighted by Gasteiger charge is 2.50. The van der Waals surface area contributed by atoms with E-state index in [9.17, 15) is 33.0 Å². The summed E-state index contributed by atoms with van der Waals surface area (Å²) in [6, 6.07) is 10.1. The summed E-state index contributed by atoms with van der Waals surface area (Å²) in [6.45, 7) is -0.481. The Hall–Kier alpha value is -3.95. The third-order valence-corrected chi connectivity index (χ3v) is 5.95. The maximum atomic E-state index is 13.1. The third kappa shape index (κ3) is 4.75. The quantitative estimate of drug-likeness (QED) is 0.355. The number of hydrogen-bond acceptors (Lipinski definition) is 6. The van der Waals surface area contributed by atoms with Crippen LogP contribution in [0.25, 0.3) is 11.2 Å². The molecule has 3 aromatic rings. The van der Waals surface area contributed by atoms with Crippen molar-refractivity contribution in [2.45, 2.75) is 37.0 Å². The number of benzene rings is 1. The van der Waals surface area contributed by atoms with Crippen LogP contribution in [0.4, 0.5) is 13.2 Å². The number of fused-ring (bicyclic) bond motifs is 1. The minimum Gasteiger partial charge on any atom is -0.479 e. The van der Waals surface area contributed by atoms with Gasteiger partial charge in [0.2, 0.25) is 0 Å². The molecule has 0 aliphatic carbocycles. The number of carboxylic acid groups (broad SMARTS) is 2. The number of alkyl halides is 3. The minimum atomic E-state index is -4.66. The monoisotopic (exact) mass is 503 g/mol. The number of halogens is 3. The molecule has 0 bridgehead atoms. The van der Waals surface area contributed by atoms with Crippen LogP contribution in [0.2, 0.25) is 0 Å². The van der Waals surface area contributed by atoms with Gasteiger partial charge in [0, 0.05) is 12.8 Å². The Morgan fingerprint density at radius 2 is 1.86 bits per heavy atom. The van der Waals surface area contributed by atoms with Crippen molar-refractivity contribution in [3.63, 3.8) is 0 Å². The van der Waals surface area contributed by atoms with Gasteiger partial charge in [0.25, 0.3) is 5.60 Å². The Bertz CT molecular complexity index is 1300. The zero-order valence-electron chi connectivity index (χ0n) is 18.6. The summed E-state index contributed by atoms with van der Waals surface area (Å²) in [5, 5.41) is 19.5. The van der Waals surface area contributed by atoms with Crippen LogP contribution < -0.4 is 0 Å². The van der Waals surface area contributed by atoms with Crippen molar-refractivity contribution in [2.24, 2.45) is 5.92 Å². The number of terminal acetylenes is 1. The molecule has 1 aliphatic heterocycles. The number of carboxylic acids is 2. The smallest absolute Gasteiger partial charge is 0.433 e. The van der Waals surface area contributed by atoms with Gasteiger partial charge >= 0.3 is 18.1 Å². The predicted molar refractivity (Wildman–Crippen MR) is 117 cm³/mol. The molecule has 3 atom stereocenters. The first kappa shape index (κ1) is 25.2. The van der Waals surface area contributed by atoms with Crippen LogP contribution in [0.1, 0.15) is 23.9 Å². The fourth-order valence-electron chi connectivity index (χ4n) is 4.04. The first-order chi connectivity index (χ1) is 17.0. The van der Waals surface area contributed by atoms with E-state index in [1.165, 1.54) is 17.0 Å². The van der Waals surface area contributed by atoms with Gasteiger partial charge < -0.3 is 19.7 Å². The molecule has 3 heterocycles. The Morgan fingerprint density at radius 1 is 1.17 bits per heavy atom. The number of aliphatic carboxylic acids is 2. The molecule has 188 valence electrons. The second-order valence-corrected chi connectivity index (χ2v) is 8.24. The lowest BCUT2D eigenvalue weighted by Gasteiger charge is -2.27. The van der Waals surface area contributed by atoms with Crippen molar-refractivity contribution in [3.8, 4) is 12.3 Å². The molecule has 1 fully saturated rings. The number of hydrogen-bond donors (Lipinski definition) is 2. The number of aromatic nitrogens is 3. The van der Waals surface area contributed by atoms with E-state index in [0.29, 0.717) is 5.56 Å². The van der Waals surface area contributed by atoms with Crippen molar-refractivity contribution in [2.75, 3.05) is 6.61 Å². The average Bonchev–Trinajstić information content (AvgIpc) is 3.44. The van der Waals surface area contributed by atoms with Crippen molar-refractivity contribution < 1.29 is 42.4 Å². The highest BCUT2D eigenvalue weighted by Crippen LogP contribution is 2.36. The van der Waals surface area contributed by atoms with E-state index in [-0.39, 0.29) is 17.6 Å². The molecular weight excluding hydrogens is 483 g/mol. The van der Waals surface area contributed by atoms with Crippen LogP contribution >= 0.6 is 0 Å². The Balaban J connectivity index is 1.57. The molecule has 0 radical (unpaired) electrons. The predicted octanol–water partition coefficient (Wildman–Crippen LogP) is 3.15. The van der Waals surface area contributed by atoms with Crippen LogP contribution in [-0.4, -0.2) is 55.0 Å². The molecule has 9 nitrogen and oxygen atoms in total. The van der Waals surface area contributed by atoms with E-state index < -0.39 is 60.7 Å². The van der Waals surface area contributed by atoms with Crippen molar-refractivity contribution in [1.82, 2.24) is 14.5 Å². The van der Waals surface area contributed by atoms with E-state index in [2.05, 4.69) is 15.9 Å². The highest BCUT2D eigenvalue weighted by molar-refractivity contribution is 6.02. The molecule has 2 N–H and O–H groups in total. The SMILES string of the molecule is C#CC1CC(n2cnc3ccc(C(F)(F)F)nc32)OC1COC(Cc1ccccc1)(C(=O)O)C(=O)O. The zero-order valence-corrected chi connectivity index (χ0v) is 18.6. The Morgan fingerprint density at radius 3 is 2.47 bits per heavy atom. The van der Waals surface area contributed by atoms with Gasteiger partial charge in [0.1, 0.15) is 17.4 Å². The standard InChI is InChI=1S/C24H20F3N3O6/c1-2-15-10-19(30-13-28-16-8-9-18(24(25,26)27)29-20(16)30)36-17(15)12-35-23(21(31)32,22(33)34)11-14-6-4-3-5-7-14/h1,3-9,13,15,17,19H,10-12H2,(H,31,32)(H,33,34). The maximum Gasteiger partial charge on any atom is 0.433 e. The fraction of sp³-hybridized carbons (Fsp3) is 0.333. The second-order valence-electron chi connectivity index (χ2n) is 8.24. The molecule has 1 aliphatic rings. The summed E-state index contributed by atoms with van der Waals surface area (Å²) in [6.07, 6.45) is 0.0972. The summed E-state index contributed by atoms with van der Waals surface area (Å²) in [4.78, 5) is 31.8. The van der Waals surface area contributed by atoms with Crippen LogP contribution in [0.5, 0.6) is 0 Å². The van der Waals surface area contributed by atoms with E-state index in [1.807, 2.05) is 0 Å². The van der Waals surface area contributed by atoms with Gasteiger partial charge in [0.05, 0.1) is 25.0 Å². The maximum absolute atomic E-state index is 13.1. The molecule has 12 heteroatoms. The van der Waals surface area contributed by atoms with Crippen LogP contribution in [0.15, 0.2) is 48.8 Å². The van der Waals surface area contributed by atoms with Crippen molar-refractivity contribution >= 4 is 23.1 Å². The number of rotatable bonds is 8. The molecule has 0 amide bonds. The molecule has 1 saturated heterocycles. The van der Waals surface area contributed by atoms with Gasteiger partial charge in [-0.25, -0.2) is 19.6 Å². The molecule has 4 rings (SSSR count). The third-order valence-electron chi connectivity index (χ3n) is 5.95. The summed E-state index contributed by atoms with van der Waals surface area (Å²) in [7, 11) is 0. The number of pyridine rings is 1. The molecule has 1 aromatic carbocycles. The van der Waals surface area contributed by atoms with Crippen LogP contribution in [-0.2, 0) is 31.7 Å². The topological polar surface area (TPSA) is 124 Å². The van der Waals surface area contributed by atoms with Gasteiger partial charge in [-0.05, 0) is 17.7 Å². The molecule has 0 saturated carbocycles. The zero-order chi connectivity index (χ0) is 26.1. The van der Waals surface area contributed by atoms with Gasteiger partial charge in [-0.3, -0.25) is 4.57 Å². The van der Waals surface area contributed by atoms with Crippen molar-refractivity contribution in [1.29, 1.82) is 0 Å². The van der Waals surface area contributed by atoms with Gasteiger partial charge in [0.15, 0.2) is 5.65 Å². The summed E-state index contributed by atoms with van der Waals surface area (Å²) in [5.41, 5.74) is -3.13. The summed E-state index contributed by atoms with van der Waals surface area (Å²) >= 11 is 0. The molecule has 36 heavy (non-hydrogen) atoms. The van der Waals surface area contributed by atoms with Gasteiger partial charge in [-0.2, -0.15) is 13.2 Å². The van der Waals surface area contributed by atoms with E-state index >= 15 is 0 Å². The fourth-order valence-corrected chi connectivity index (χ4v) is 4.04. The summed E-state index contributed by atoms with van der Waals surface area (Å²) in [5.74, 6) is -1.54. The van der Waals surface area contributed by atoms with E-state index in [4.69, 9.17) is 15.9 Å². The van der Waals surface area contributed by atoms with E-state index in [1.54, 1.807) is 30.3 Å². The highest BCUT2D eigenvalue weighted by atomic mass is 19.4.